The van der Waals surface area contributed by atoms with Gasteiger partial charge in [0.05, 0.1) is 7.11 Å². The highest BCUT2D eigenvalue weighted by atomic mass is 35.5. The fourth-order valence-electron chi connectivity index (χ4n) is 4.14. The molecule has 2 saturated heterocycles. The minimum Gasteiger partial charge on any atom is -0.469 e. The van der Waals surface area contributed by atoms with Crippen LogP contribution in [0.25, 0.3) is 0 Å². The highest BCUT2D eigenvalue weighted by Gasteiger charge is 2.29. The average Bonchev–Trinajstić information content (AvgIpc) is 2.73. The Kier molecular flexibility index (Phi) is 7.57. The van der Waals surface area contributed by atoms with E-state index in [0.29, 0.717) is 25.3 Å². The predicted octanol–water partition coefficient (Wildman–Crippen LogP) is 2.80. The zero-order chi connectivity index (χ0) is 19.9. The number of hydrogen-bond donors (Lipinski definition) is 0. The van der Waals surface area contributed by atoms with Crippen LogP contribution in [0, 0.1) is 0 Å². The maximum absolute atomic E-state index is 12.5. The summed E-state index contributed by atoms with van der Waals surface area (Å²) in [6, 6.07) is 8.46. The minimum atomic E-state index is -0.248. The van der Waals surface area contributed by atoms with Gasteiger partial charge in [0.1, 0.15) is 0 Å². The number of piperazine rings is 1. The molecular weight excluding hydrogens is 378 g/mol. The van der Waals surface area contributed by atoms with Crippen molar-refractivity contribution in [2.45, 2.75) is 38.1 Å². The van der Waals surface area contributed by atoms with E-state index in [1.165, 1.54) is 12.8 Å². The van der Waals surface area contributed by atoms with Crippen molar-refractivity contribution in [1.82, 2.24) is 9.80 Å². The molecule has 2 fully saturated rings. The van der Waals surface area contributed by atoms with Crippen molar-refractivity contribution in [2.24, 2.45) is 0 Å². The van der Waals surface area contributed by atoms with Gasteiger partial charge in [0.15, 0.2) is 0 Å². The highest BCUT2D eigenvalue weighted by Crippen LogP contribution is 2.23. The lowest BCUT2D eigenvalue weighted by Gasteiger charge is -2.44. The summed E-state index contributed by atoms with van der Waals surface area (Å²) in [6.45, 7) is 5.58. The topological polar surface area (TPSA) is 53.1 Å². The van der Waals surface area contributed by atoms with Gasteiger partial charge in [0.25, 0.3) is 0 Å². The summed E-state index contributed by atoms with van der Waals surface area (Å²) in [4.78, 5) is 30.6. The predicted molar refractivity (Wildman–Crippen MR) is 111 cm³/mol. The molecule has 1 unspecified atom stereocenters. The molecule has 0 aliphatic carbocycles. The minimum absolute atomic E-state index is 0.158. The molecule has 154 valence electrons. The summed E-state index contributed by atoms with van der Waals surface area (Å²) in [5.41, 5.74) is 1.18. The fourth-order valence-corrected chi connectivity index (χ4v) is 4.33. The molecule has 2 aliphatic heterocycles. The van der Waals surface area contributed by atoms with Crippen molar-refractivity contribution in [3.8, 4) is 0 Å². The van der Waals surface area contributed by atoms with Crippen LogP contribution in [0.5, 0.6) is 0 Å². The van der Waals surface area contributed by atoms with E-state index in [1.807, 2.05) is 23.1 Å². The summed E-state index contributed by atoms with van der Waals surface area (Å²) in [5, 5.41) is 0.772. The van der Waals surface area contributed by atoms with E-state index in [-0.39, 0.29) is 11.9 Å². The van der Waals surface area contributed by atoms with Gasteiger partial charge in [0, 0.05) is 68.9 Å². The Morgan fingerprint density at radius 3 is 2.64 bits per heavy atom. The number of methoxy groups -OCH3 is 1. The summed E-state index contributed by atoms with van der Waals surface area (Å²) < 4.78 is 4.64. The summed E-state index contributed by atoms with van der Waals surface area (Å²) in [6.07, 6.45) is 3.48. The first-order valence-corrected chi connectivity index (χ1v) is 10.5. The Hall–Kier alpha value is -1.79. The van der Waals surface area contributed by atoms with Crippen LogP contribution in [0.4, 0.5) is 5.69 Å². The Balaban J connectivity index is 1.46. The van der Waals surface area contributed by atoms with Gasteiger partial charge in [0.2, 0.25) is 5.91 Å². The van der Waals surface area contributed by atoms with Crippen LogP contribution in [-0.2, 0) is 14.3 Å². The number of hydrogen-bond acceptors (Lipinski definition) is 5. The molecular formula is C21H30ClN3O3. The Labute approximate surface area is 172 Å². The van der Waals surface area contributed by atoms with E-state index < -0.39 is 0 Å². The Morgan fingerprint density at radius 2 is 1.93 bits per heavy atom. The van der Waals surface area contributed by atoms with E-state index in [9.17, 15) is 9.59 Å². The molecule has 0 radical (unpaired) electrons. The van der Waals surface area contributed by atoms with Crippen molar-refractivity contribution in [3.05, 3.63) is 29.3 Å². The first-order valence-electron chi connectivity index (χ1n) is 10.2. The molecule has 1 aromatic rings. The normalized spacial score (nSPS) is 20.9. The maximum atomic E-state index is 12.5. The van der Waals surface area contributed by atoms with Crippen LogP contribution in [0.3, 0.4) is 0 Å². The molecule has 28 heavy (non-hydrogen) atoms. The van der Waals surface area contributed by atoms with Gasteiger partial charge in [-0.3, -0.25) is 14.5 Å². The second-order valence-corrected chi connectivity index (χ2v) is 8.00. The van der Waals surface area contributed by atoms with E-state index >= 15 is 0 Å². The van der Waals surface area contributed by atoms with Crippen LogP contribution < -0.4 is 4.90 Å². The molecule has 0 aromatic heterocycles. The van der Waals surface area contributed by atoms with E-state index in [1.54, 1.807) is 0 Å². The molecule has 0 saturated carbocycles. The number of carbonyl (C=O) groups excluding carboxylic acids is 2. The molecule has 0 N–H and O–H groups in total. The summed E-state index contributed by atoms with van der Waals surface area (Å²) >= 11 is 6.12. The number of anilines is 1. The third-order valence-electron chi connectivity index (χ3n) is 5.75. The Morgan fingerprint density at radius 1 is 1.14 bits per heavy atom. The highest BCUT2D eigenvalue weighted by molar-refractivity contribution is 6.30. The van der Waals surface area contributed by atoms with Gasteiger partial charge in [-0.2, -0.15) is 0 Å². The molecule has 2 heterocycles. The zero-order valence-electron chi connectivity index (χ0n) is 16.6. The number of halogens is 1. The summed E-state index contributed by atoms with van der Waals surface area (Å²) in [7, 11) is 1.38. The Bertz CT molecular complexity index is 677. The first kappa shape index (κ1) is 20.9. The van der Waals surface area contributed by atoms with Gasteiger partial charge in [-0.25, -0.2) is 0 Å². The standard InChI is InChI=1S/C21H30ClN3O3/c1-28-21(27)9-3-8-20(26)25-10-4-7-19(16-25)24-13-11-23(12-14-24)18-6-2-5-17(22)15-18/h2,5-6,15,19H,3-4,7-14,16H2,1H3. The lowest BCUT2D eigenvalue weighted by Crippen LogP contribution is -2.55. The van der Waals surface area contributed by atoms with Crippen LogP contribution in [0.2, 0.25) is 5.02 Å². The molecule has 3 rings (SSSR count). The molecule has 0 bridgehead atoms. The van der Waals surface area contributed by atoms with Crippen LogP contribution in [0.15, 0.2) is 24.3 Å². The first-order chi connectivity index (χ1) is 13.6. The molecule has 1 atom stereocenters. The SMILES string of the molecule is COC(=O)CCCC(=O)N1CCCC(N2CCN(c3cccc(Cl)c3)CC2)C1. The number of nitrogens with zero attached hydrogens (tertiary/aromatic N) is 3. The number of carbonyl (C=O) groups is 2. The smallest absolute Gasteiger partial charge is 0.305 e. The van der Waals surface area contributed by atoms with Gasteiger partial charge in [-0.1, -0.05) is 17.7 Å². The number of rotatable bonds is 6. The number of amides is 1. The molecule has 6 nitrogen and oxygen atoms in total. The van der Waals surface area contributed by atoms with Crippen molar-refractivity contribution >= 4 is 29.2 Å². The van der Waals surface area contributed by atoms with Gasteiger partial charge < -0.3 is 14.5 Å². The van der Waals surface area contributed by atoms with Gasteiger partial charge in [-0.05, 0) is 37.5 Å². The lowest BCUT2D eigenvalue weighted by atomic mass is 10.0. The monoisotopic (exact) mass is 407 g/mol. The second-order valence-electron chi connectivity index (χ2n) is 7.57. The third-order valence-corrected chi connectivity index (χ3v) is 5.99. The fraction of sp³-hybridized carbons (Fsp3) is 0.619. The quantitative estimate of drug-likeness (QED) is 0.679. The zero-order valence-corrected chi connectivity index (χ0v) is 17.4. The van der Waals surface area contributed by atoms with Gasteiger partial charge in [-0.15, -0.1) is 0 Å². The van der Waals surface area contributed by atoms with Crippen LogP contribution in [0.1, 0.15) is 32.1 Å². The van der Waals surface area contributed by atoms with E-state index in [4.69, 9.17) is 11.6 Å². The second kappa shape index (κ2) is 10.1. The lowest BCUT2D eigenvalue weighted by molar-refractivity contribution is -0.141. The number of likely N-dealkylation sites (tertiary alicyclic amines) is 1. The van der Waals surface area contributed by atoms with Gasteiger partial charge >= 0.3 is 5.97 Å². The van der Waals surface area contributed by atoms with Crippen molar-refractivity contribution < 1.29 is 14.3 Å². The third kappa shape index (κ3) is 5.61. The van der Waals surface area contributed by atoms with E-state index in [2.05, 4.69) is 20.6 Å². The number of esters is 1. The maximum Gasteiger partial charge on any atom is 0.305 e. The van der Waals surface area contributed by atoms with Crippen molar-refractivity contribution in [1.29, 1.82) is 0 Å². The van der Waals surface area contributed by atoms with Crippen LogP contribution in [-0.4, -0.2) is 74.1 Å². The van der Waals surface area contributed by atoms with Crippen molar-refractivity contribution in [3.63, 3.8) is 0 Å². The molecule has 2 aliphatic rings. The average molecular weight is 408 g/mol. The summed E-state index contributed by atoms with van der Waals surface area (Å²) in [5.74, 6) is -0.0898. The number of benzene rings is 1. The molecule has 1 aromatic carbocycles. The molecule has 1 amide bonds. The molecule has 0 spiro atoms. The van der Waals surface area contributed by atoms with E-state index in [0.717, 1.165) is 57.1 Å². The molecule has 7 heteroatoms. The van der Waals surface area contributed by atoms with Crippen LogP contribution >= 0.6 is 11.6 Å². The number of piperidine rings is 1. The number of ether oxygens (including phenoxy) is 1. The largest absolute Gasteiger partial charge is 0.469 e. The van der Waals surface area contributed by atoms with Crippen molar-refractivity contribution in [2.75, 3.05) is 51.3 Å².